The van der Waals surface area contributed by atoms with Crippen LogP contribution >= 0.6 is 11.3 Å². The number of rotatable bonds is 8. The monoisotopic (exact) mass is 504 g/mol. The van der Waals surface area contributed by atoms with Gasteiger partial charge in [-0.15, -0.1) is 11.3 Å². The molecule has 3 aromatic heterocycles. The molecular formula is C25H28N8O2S. The first-order valence-electron chi connectivity index (χ1n) is 12.0. The number of thiazole rings is 1. The fourth-order valence-electron chi connectivity index (χ4n) is 4.22. The maximum atomic E-state index is 12.7. The lowest BCUT2D eigenvalue weighted by Gasteiger charge is -2.30. The normalized spacial score (nSPS) is 14.1. The van der Waals surface area contributed by atoms with Gasteiger partial charge in [0.15, 0.2) is 5.82 Å². The van der Waals surface area contributed by atoms with Crippen molar-refractivity contribution < 1.29 is 9.59 Å². The van der Waals surface area contributed by atoms with Gasteiger partial charge in [0, 0.05) is 55.9 Å². The molecule has 1 saturated heterocycles. The Hall–Kier alpha value is -3.99. The molecular weight excluding hydrogens is 476 g/mol. The summed E-state index contributed by atoms with van der Waals surface area (Å²) in [6.45, 7) is 2.65. The second kappa shape index (κ2) is 11.2. The van der Waals surface area contributed by atoms with Crippen LogP contribution in [0.4, 0.5) is 10.6 Å². The average Bonchev–Trinajstić information content (AvgIpc) is 3.70. The number of likely N-dealkylation sites (tertiary alicyclic amines) is 1. The fourth-order valence-corrected chi connectivity index (χ4v) is 5.19. The van der Waals surface area contributed by atoms with Crippen molar-refractivity contribution in [1.29, 1.82) is 0 Å². The van der Waals surface area contributed by atoms with Crippen molar-refractivity contribution in [1.82, 2.24) is 34.9 Å². The van der Waals surface area contributed by atoms with E-state index in [-0.39, 0.29) is 17.9 Å². The van der Waals surface area contributed by atoms with Gasteiger partial charge < -0.3 is 14.8 Å². The minimum absolute atomic E-state index is 0.145. The molecule has 5 rings (SSSR count). The van der Waals surface area contributed by atoms with E-state index < -0.39 is 0 Å². The SMILES string of the molecule is O=C(NCCCn1ccnc1)c1csc(C2CCN(C(=O)Nc3cc(-c4ccccc4)[nH]n3)CC2)n1. The molecule has 11 heteroatoms. The number of hydrogen-bond donors (Lipinski definition) is 3. The number of hydrogen-bond acceptors (Lipinski definition) is 6. The van der Waals surface area contributed by atoms with E-state index in [9.17, 15) is 9.59 Å². The van der Waals surface area contributed by atoms with E-state index in [0.717, 1.165) is 42.1 Å². The van der Waals surface area contributed by atoms with Gasteiger partial charge in [0.2, 0.25) is 0 Å². The molecule has 186 valence electrons. The molecule has 4 heterocycles. The average molecular weight is 505 g/mol. The van der Waals surface area contributed by atoms with Gasteiger partial charge >= 0.3 is 6.03 Å². The first-order chi connectivity index (χ1) is 17.7. The van der Waals surface area contributed by atoms with Gasteiger partial charge in [-0.25, -0.2) is 14.8 Å². The van der Waals surface area contributed by atoms with E-state index in [2.05, 4.69) is 30.8 Å². The highest BCUT2D eigenvalue weighted by atomic mass is 32.1. The number of H-pyrrole nitrogens is 1. The Bertz CT molecular complexity index is 1280. The van der Waals surface area contributed by atoms with Crippen LogP contribution in [0.5, 0.6) is 0 Å². The first kappa shape index (κ1) is 23.7. The van der Waals surface area contributed by atoms with E-state index in [1.165, 1.54) is 11.3 Å². The molecule has 3 N–H and O–H groups in total. The summed E-state index contributed by atoms with van der Waals surface area (Å²) in [4.78, 5) is 35.6. The van der Waals surface area contributed by atoms with Crippen LogP contribution < -0.4 is 10.6 Å². The lowest BCUT2D eigenvalue weighted by molar-refractivity contribution is 0.0948. The fraction of sp³-hybridized carbons (Fsp3) is 0.320. The predicted molar refractivity (Wildman–Crippen MR) is 138 cm³/mol. The van der Waals surface area contributed by atoms with Crippen LogP contribution in [0.1, 0.15) is 40.7 Å². The van der Waals surface area contributed by atoms with Gasteiger partial charge in [-0.3, -0.25) is 15.2 Å². The van der Waals surface area contributed by atoms with Crippen LogP contribution in [-0.2, 0) is 6.54 Å². The lowest BCUT2D eigenvalue weighted by atomic mass is 9.98. The topological polar surface area (TPSA) is 121 Å². The Morgan fingerprint density at radius 2 is 2.00 bits per heavy atom. The molecule has 1 aliphatic heterocycles. The van der Waals surface area contributed by atoms with Crippen molar-refractivity contribution in [2.75, 3.05) is 25.0 Å². The summed E-state index contributed by atoms with van der Waals surface area (Å²) in [6.07, 6.45) is 7.86. The van der Waals surface area contributed by atoms with E-state index in [0.29, 0.717) is 31.1 Å². The summed E-state index contributed by atoms with van der Waals surface area (Å²) in [5.41, 5.74) is 2.33. The lowest BCUT2D eigenvalue weighted by Crippen LogP contribution is -2.40. The zero-order valence-corrected chi connectivity index (χ0v) is 20.6. The third-order valence-corrected chi connectivity index (χ3v) is 7.23. The summed E-state index contributed by atoms with van der Waals surface area (Å²) in [5, 5.41) is 15.8. The molecule has 0 radical (unpaired) electrons. The number of nitrogens with zero attached hydrogens (tertiary/aromatic N) is 5. The number of benzene rings is 1. The van der Waals surface area contributed by atoms with Crippen LogP contribution in [0.15, 0.2) is 60.5 Å². The Balaban J connectivity index is 1.07. The van der Waals surface area contributed by atoms with Gasteiger partial charge in [-0.2, -0.15) is 5.10 Å². The standard InChI is InChI=1S/C25H28N8O2S/c34-23(27-9-4-11-32-14-10-26-17-32)21-16-36-24(28-21)19-7-12-33(13-8-19)25(35)29-22-15-20(30-31-22)18-5-2-1-3-6-18/h1-3,5-6,10,14-17,19H,4,7-9,11-13H2,(H,27,34)(H2,29,30,31,35). The minimum atomic E-state index is -0.158. The third-order valence-electron chi connectivity index (χ3n) is 6.22. The van der Waals surface area contributed by atoms with Crippen LogP contribution in [0.2, 0.25) is 0 Å². The number of aromatic nitrogens is 5. The number of carbonyl (C=O) groups is 2. The molecule has 4 aromatic rings. The van der Waals surface area contributed by atoms with Crippen LogP contribution in [0, 0.1) is 0 Å². The maximum Gasteiger partial charge on any atom is 0.323 e. The number of aromatic amines is 1. The van der Waals surface area contributed by atoms with E-state index in [1.54, 1.807) is 17.4 Å². The second-order valence-corrected chi connectivity index (χ2v) is 9.59. The van der Waals surface area contributed by atoms with Crippen molar-refractivity contribution in [3.8, 4) is 11.3 Å². The molecule has 0 aliphatic carbocycles. The predicted octanol–water partition coefficient (Wildman–Crippen LogP) is 3.96. The highest BCUT2D eigenvalue weighted by molar-refractivity contribution is 7.09. The Morgan fingerprint density at radius 1 is 1.17 bits per heavy atom. The molecule has 36 heavy (non-hydrogen) atoms. The molecule has 1 fully saturated rings. The molecule has 3 amide bonds. The summed E-state index contributed by atoms with van der Waals surface area (Å²) in [7, 11) is 0. The molecule has 1 aromatic carbocycles. The summed E-state index contributed by atoms with van der Waals surface area (Å²) >= 11 is 1.52. The number of carbonyl (C=O) groups excluding carboxylic acids is 2. The number of piperidine rings is 1. The number of aryl methyl sites for hydroxylation is 1. The van der Waals surface area contributed by atoms with E-state index >= 15 is 0 Å². The summed E-state index contributed by atoms with van der Waals surface area (Å²) in [5.74, 6) is 0.604. The van der Waals surface area contributed by atoms with Crippen LogP contribution in [-0.4, -0.2) is 61.2 Å². The smallest absolute Gasteiger partial charge is 0.323 e. The Kier molecular flexibility index (Phi) is 7.36. The first-order valence-corrected chi connectivity index (χ1v) is 12.9. The van der Waals surface area contributed by atoms with Gasteiger partial charge in [-0.1, -0.05) is 30.3 Å². The van der Waals surface area contributed by atoms with E-state index in [1.807, 2.05) is 52.5 Å². The van der Waals surface area contributed by atoms with Gasteiger partial charge in [0.25, 0.3) is 5.91 Å². The number of amides is 3. The number of nitrogens with one attached hydrogen (secondary N) is 3. The van der Waals surface area contributed by atoms with E-state index in [4.69, 9.17) is 0 Å². The van der Waals surface area contributed by atoms with Crippen LogP contribution in [0.3, 0.4) is 0 Å². The van der Waals surface area contributed by atoms with Crippen LogP contribution in [0.25, 0.3) is 11.3 Å². The number of urea groups is 1. The molecule has 0 saturated carbocycles. The Morgan fingerprint density at radius 3 is 2.78 bits per heavy atom. The summed E-state index contributed by atoms with van der Waals surface area (Å²) < 4.78 is 1.98. The minimum Gasteiger partial charge on any atom is -0.351 e. The molecule has 1 aliphatic rings. The molecule has 0 unspecified atom stereocenters. The largest absolute Gasteiger partial charge is 0.351 e. The van der Waals surface area contributed by atoms with Crippen molar-refractivity contribution >= 4 is 29.1 Å². The van der Waals surface area contributed by atoms with Crippen molar-refractivity contribution in [3.05, 3.63) is 71.2 Å². The zero-order chi connectivity index (χ0) is 24.7. The summed E-state index contributed by atoms with van der Waals surface area (Å²) in [6, 6.07) is 11.5. The molecule has 0 atom stereocenters. The molecule has 0 spiro atoms. The van der Waals surface area contributed by atoms with Gasteiger partial charge in [0.1, 0.15) is 5.69 Å². The van der Waals surface area contributed by atoms with Gasteiger partial charge in [0.05, 0.1) is 17.0 Å². The molecule has 0 bridgehead atoms. The van der Waals surface area contributed by atoms with Gasteiger partial charge in [-0.05, 0) is 24.8 Å². The quantitative estimate of drug-likeness (QED) is 0.314. The van der Waals surface area contributed by atoms with Crippen molar-refractivity contribution in [2.24, 2.45) is 0 Å². The molecule has 10 nitrogen and oxygen atoms in total. The number of anilines is 1. The maximum absolute atomic E-state index is 12.7. The Labute approximate surface area is 212 Å². The highest BCUT2D eigenvalue weighted by Crippen LogP contribution is 2.30. The third kappa shape index (κ3) is 5.80. The van der Waals surface area contributed by atoms with Crippen molar-refractivity contribution in [2.45, 2.75) is 31.7 Å². The van der Waals surface area contributed by atoms with Crippen molar-refractivity contribution in [3.63, 3.8) is 0 Å². The number of imidazole rings is 1. The highest BCUT2D eigenvalue weighted by Gasteiger charge is 2.26. The zero-order valence-electron chi connectivity index (χ0n) is 19.8. The second-order valence-electron chi connectivity index (χ2n) is 8.71.